The molecule has 0 radical (unpaired) electrons. The summed E-state index contributed by atoms with van der Waals surface area (Å²) in [4.78, 5) is 12.4. The molecule has 2 heterocycles. The molecule has 112 valence electrons. The number of hydrogen-bond donors (Lipinski definition) is 1. The molecule has 4 nitrogen and oxygen atoms in total. The van der Waals surface area contributed by atoms with Crippen LogP contribution in [-0.2, 0) is 6.54 Å². The van der Waals surface area contributed by atoms with E-state index in [2.05, 4.69) is 17.3 Å². The molecular weight excluding hydrogens is 282 g/mol. The summed E-state index contributed by atoms with van der Waals surface area (Å²) in [5.41, 5.74) is 0.000879. The van der Waals surface area contributed by atoms with E-state index in [-0.39, 0.29) is 11.6 Å². The summed E-state index contributed by atoms with van der Waals surface area (Å²) >= 11 is 2.03. The average Bonchev–Trinajstić information content (AvgIpc) is 2.51. The molecular formula is C16H21N3OS. The Bertz CT molecular complexity index is 664. The number of thioether (sulfide) groups is 1. The van der Waals surface area contributed by atoms with Crippen molar-refractivity contribution in [1.82, 2.24) is 15.1 Å². The maximum atomic E-state index is 12.4. The predicted molar refractivity (Wildman–Crippen MR) is 88.9 cm³/mol. The first-order valence-corrected chi connectivity index (χ1v) is 8.68. The summed E-state index contributed by atoms with van der Waals surface area (Å²) in [5.74, 6) is 2.47. The van der Waals surface area contributed by atoms with Crippen LogP contribution in [0.5, 0.6) is 0 Å². The van der Waals surface area contributed by atoms with Crippen molar-refractivity contribution in [2.75, 3.05) is 11.5 Å². The van der Waals surface area contributed by atoms with E-state index in [9.17, 15) is 4.79 Å². The third-order valence-electron chi connectivity index (χ3n) is 3.95. The van der Waals surface area contributed by atoms with Crippen molar-refractivity contribution < 1.29 is 0 Å². The zero-order valence-electron chi connectivity index (χ0n) is 12.3. The molecule has 1 fully saturated rings. The molecule has 0 amide bonds. The second-order valence-electron chi connectivity index (χ2n) is 5.67. The number of nitrogens with one attached hydrogen (secondary N) is 1. The Balaban J connectivity index is 1.72. The molecule has 0 bridgehead atoms. The second kappa shape index (κ2) is 6.62. The van der Waals surface area contributed by atoms with Gasteiger partial charge in [-0.15, -0.1) is 0 Å². The van der Waals surface area contributed by atoms with Crippen molar-refractivity contribution in [3.8, 4) is 0 Å². The number of aromatic nitrogens is 2. The molecule has 1 saturated heterocycles. The first-order chi connectivity index (χ1) is 10.2. The molecule has 5 heteroatoms. The quantitative estimate of drug-likeness (QED) is 0.941. The Labute approximate surface area is 128 Å². The molecule has 1 aromatic heterocycles. The van der Waals surface area contributed by atoms with Crippen LogP contribution in [-0.4, -0.2) is 33.4 Å². The fourth-order valence-corrected chi connectivity index (χ4v) is 3.94. The molecule has 2 aromatic rings. The van der Waals surface area contributed by atoms with Crippen LogP contribution in [0.3, 0.4) is 0 Å². The molecule has 0 aliphatic carbocycles. The zero-order chi connectivity index (χ0) is 14.7. The van der Waals surface area contributed by atoms with E-state index in [1.54, 1.807) is 10.9 Å². The molecule has 1 unspecified atom stereocenters. The monoisotopic (exact) mass is 303 g/mol. The van der Waals surface area contributed by atoms with Crippen molar-refractivity contribution >= 4 is 22.5 Å². The lowest BCUT2D eigenvalue weighted by molar-refractivity contribution is 0.374. The third kappa shape index (κ3) is 3.47. The first-order valence-electron chi connectivity index (χ1n) is 7.52. The van der Waals surface area contributed by atoms with Crippen LogP contribution in [0.25, 0.3) is 10.8 Å². The van der Waals surface area contributed by atoms with E-state index < -0.39 is 0 Å². The Morgan fingerprint density at radius 1 is 1.38 bits per heavy atom. The zero-order valence-corrected chi connectivity index (χ0v) is 13.1. The molecule has 1 aliphatic rings. The fraction of sp³-hybridized carbons (Fsp3) is 0.500. The summed E-state index contributed by atoms with van der Waals surface area (Å²) in [6, 6.07) is 8.46. The van der Waals surface area contributed by atoms with Gasteiger partial charge in [0.05, 0.1) is 18.1 Å². The minimum Gasteiger partial charge on any atom is -0.310 e. The number of nitrogens with zero attached hydrogens (tertiary/aromatic N) is 2. The van der Waals surface area contributed by atoms with Gasteiger partial charge in [0, 0.05) is 17.5 Å². The summed E-state index contributed by atoms with van der Waals surface area (Å²) in [7, 11) is 0. The topological polar surface area (TPSA) is 46.9 Å². The molecule has 1 aromatic carbocycles. The van der Waals surface area contributed by atoms with Crippen LogP contribution >= 0.6 is 11.8 Å². The Morgan fingerprint density at radius 3 is 2.95 bits per heavy atom. The Hall–Kier alpha value is -1.33. The maximum absolute atomic E-state index is 12.4. The van der Waals surface area contributed by atoms with Crippen LogP contribution < -0.4 is 10.9 Å². The van der Waals surface area contributed by atoms with Crippen molar-refractivity contribution in [1.29, 1.82) is 0 Å². The molecule has 1 atom stereocenters. The lowest BCUT2D eigenvalue weighted by Crippen LogP contribution is -2.42. The van der Waals surface area contributed by atoms with Gasteiger partial charge < -0.3 is 5.32 Å². The highest BCUT2D eigenvalue weighted by atomic mass is 32.2. The molecule has 0 saturated carbocycles. The molecule has 21 heavy (non-hydrogen) atoms. The van der Waals surface area contributed by atoms with E-state index in [0.29, 0.717) is 12.6 Å². The average molecular weight is 303 g/mol. The van der Waals surface area contributed by atoms with Crippen molar-refractivity contribution in [2.45, 2.75) is 38.4 Å². The van der Waals surface area contributed by atoms with Gasteiger partial charge in [0.1, 0.15) is 0 Å². The summed E-state index contributed by atoms with van der Waals surface area (Å²) in [6.45, 7) is 2.75. The van der Waals surface area contributed by atoms with Gasteiger partial charge in [-0.1, -0.05) is 18.2 Å². The highest BCUT2D eigenvalue weighted by Crippen LogP contribution is 2.17. The normalized spacial score (nSPS) is 18.0. The fourth-order valence-electron chi connectivity index (χ4n) is 2.84. The van der Waals surface area contributed by atoms with E-state index >= 15 is 0 Å². The molecule has 0 spiro atoms. The molecule has 1 N–H and O–H groups in total. The van der Waals surface area contributed by atoms with Crippen LogP contribution in [0.15, 0.2) is 35.3 Å². The molecule has 3 rings (SSSR count). The van der Waals surface area contributed by atoms with Crippen LogP contribution in [0.4, 0.5) is 0 Å². The molecule has 1 aliphatic heterocycles. The van der Waals surface area contributed by atoms with E-state index in [1.165, 1.54) is 24.3 Å². The van der Waals surface area contributed by atoms with E-state index in [4.69, 9.17) is 0 Å². The number of benzene rings is 1. The van der Waals surface area contributed by atoms with Gasteiger partial charge in [0.2, 0.25) is 0 Å². The lowest BCUT2D eigenvalue weighted by atomic mass is 10.1. The van der Waals surface area contributed by atoms with Gasteiger partial charge in [-0.05, 0) is 37.3 Å². The summed E-state index contributed by atoms with van der Waals surface area (Å²) in [5, 5.41) is 9.58. The van der Waals surface area contributed by atoms with Crippen molar-refractivity contribution in [3.05, 3.63) is 40.8 Å². The number of rotatable bonds is 4. The van der Waals surface area contributed by atoms with Crippen LogP contribution in [0.1, 0.15) is 19.8 Å². The van der Waals surface area contributed by atoms with Gasteiger partial charge in [-0.25, -0.2) is 4.68 Å². The lowest BCUT2D eigenvalue weighted by Gasteiger charge is -2.26. The van der Waals surface area contributed by atoms with Gasteiger partial charge in [0.25, 0.3) is 5.56 Å². The number of hydrogen-bond acceptors (Lipinski definition) is 4. The Kier molecular flexibility index (Phi) is 4.60. The summed E-state index contributed by atoms with van der Waals surface area (Å²) < 4.78 is 1.58. The van der Waals surface area contributed by atoms with Crippen LogP contribution in [0, 0.1) is 0 Å². The van der Waals surface area contributed by atoms with Crippen molar-refractivity contribution in [2.24, 2.45) is 0 Å². The predicted octanol–water partition coefficient (Wildman–Crippen LogP) is 2.27. The summed E-state index contributed by atoms with van der Waals surface area (Å²) in [6.07, 6.45) is 4.21. The standard InChI is InChI=1S/C16H21N3OS/c1-12(18-14-6-8-21-9-7-14)11-19-16(20)15-5-3-2-4-13(15)10-17-19/h2-5,10,12,14,18H,6-9,11H2,1H3. The minimum absolute atomic E-state index is 0.000879. The van der Waals surface area contributed by atoms with Gasteiger partial charge in [-0.2, -0.15) is 16.9 Å². The van der Waals surface area contributed by atoms with Gasteiger partial charge in [-0.3, -0.25) is 4.79 Å². The minimum atomic E-state index is 0.000879. The van der Waals surface area contributed by atoms with Crippen molar-refractivity contribution in [3.63, 3.8) is 0 Å². The smallest absolute Gasteiger partial charge is 0.274 e. The maximum Gasteiger partial charge on any atom is 0.274 e. The Morgan fingerprint density at radius 2 is 2.14 bits per heavy atom. The van der Waals surface area contributed by atoms with E-state index in [1.807, 2.05) is 36.0 Å². The van der Waals surface area contributed by atoms with Gasteiger partial charge >= 0.3 is 0 Å². The largest absolute Gasteiger partial charge is 0.310 e. The SMILES string of the molecule is CC(Cn1ncc2ccccc2c1=O)NC1CCSCC1. The highest BCUT2D eigenvalue weighted by Gasteiger charge is 2.16. The van der Waals surface area contributed by atoms with Gasteiger partial charge in [0.15, 0.2) is 0 Å². The number of fused-ring (bicyclic) bond motifs is 1. The highest BCUT2D eigenvalue weighted by molar-refractivity contribution is 7.99. The van der Waals surface area contributed by atoms with Crippen LogP contribution in [0.2, 0.25) is 0 Å². The second-order valence-corrected chi connectivity index (χ2v) is 6.90. The third-order valence-corrected chi connectivity index (χ3v) is 5.00. The van der Waals surface area contributed by atoms with E-state index in [0.717, 1.165) is 10.8 Å². The first kappa shape index (κ1) is 14.6.